The number of sulfonamides is 1. The largest absolute Gasteiger partial charge is 0.453 e. The quantitative estimate of drug-likeness (QED) is 0.436. The molecule has 0 bridgehead atoms. The molecule has 0 radical (unpaired) electrons. The van der Waals surface area contributed by atoms with Crippen molar-refractivity contribution in [2.45, 2.75) is 32.9 Å². The standard InChI is InChI=1S/C21H23N3O5S/c1-4-19-22-17-7-5-6-8-18(17)24(19)13-20(25)29-14(2)21(26)15-9-11-16(12-10-15)23-30(3,27)28/h5-12,14,23H,4,13H2,1-3H3. The highest BCUT2D eigenvalue weighted by atomic mass is 32.2. The van der Waals surface area contributed by atoms with Crippen LogP contribution in [0.1, 0.15) is 30.0 Å². The lowest BCUT2D eigenvalue weighted by molar-refractivity contribution is -0.147. The van der Waals surface area contributed by atoms with Gasteiger partial charge in [0.25, 0.3) is 0 Å². The van der Waals surface area contributed by atoms with E-state index in [0.717, 1.165) is 23.1 Å². The molecule has 0 spiro atoms. The average Bonchev–Trinajstić information content (AvgIpc) is 3.04. The minimum atomic E-state index is -3.40. The van der Waals surface area contributed by atoms with Crippen molar-refractivity contribution in [2.24, 2.45) is 0 Å². The summed E-state index contributed by atoms with van der Waals surface area (Å²) >= 11 is 0. The molecule has 0 saturated heterocycles. The number of fused-ring (bicyclic) bond motifs is 1. The van der Waals surface area contributed by atoms with Crippen molar-refractivity contribution in [1.82, 2.24) is 9.55 Å². The number of hydrogen-bond acceptors (Lipinski definition) is 6. The molecule has 1 atom stereocenters. The van der Waals surface area contributed by atoms with Gasteiger partial charge in [-0.05, 0) is 43.3 Å². The molecule has 3 aromatic rings. The predicted molar refractivity (Wildman–Crippen MR) is 114 cm³/mol. The summed E-state index contributed by atoms with van der Waals surface area (Å²) in [5, 5.41) is 0. The van der Waals surface area contributed by atoms with Gasteiger partial charge in [0.2, 0.25) is 15.8 Å². The second kappa shape index (κ2) is 8.66. The lowest BCUT2D eigenvalue weighted by atomic mass is 10.1. The number of aryl methyl sites for hydroxylation is 1. The van der Waals surface area contributed by atoms with Gasteiger partial charge in [-0.2, -0.15) is 0 Å². The number of carbonyl (C=O) groups excluding carboxylic acids is 2. The molecular formula is C21H23N3O5S. The number of rotatable bonds is 8. The number of ketones is 1. The Morgan fingerprint density at radius 2 is 1.80 bits per heavy atom. The zero-order valence-electron chi connectivity index (χ0n) is 17.0. The predicted octanol–water partition coefficient (Wildman–Crippen LogP) is 2.78. The molecular weight excluding hydrogens is 406 g/mol. The molecule has 1 N–H and O–H groups in total. The number of aromatic nitrogens is 2. The Bertz CT molecular complexity index is 1180. The highest BCUT2D eigenvalue weighted by molar-refractivity contribution is 7.92. The van der Waals surface area contributed by atoms with Gasteiger partial charge in [0.15, 0.2) is 6.10 Å². The molecule has 3 rings (SSSR count). The summed E-state index contributed by atoms with van der Waals surface area (Å²) < 4.78 is 32.0. The number of carbonyl (C=O) groups is 2. The summed E-state index contributed by atoms with van der Waals surface area (Å²) in [5.74, 6) is -0.148. The summed E-state index contributed by atoms with van der Waals surface area (Å²) in [4.78, 5) is 29.6. The van der Waals surface area contributed by atoms with Crippen LogP contribution in [-0.4, -0.2) is 42.1 Å². The summed E-state index contributed by atoms with van der Waals surface area (Å²) in [6, 6.07) is 13.5. The Balaban J connectivity index is 1.68. The van der Waals surface area contributed by atoms with Crippen molar-refractivity contribution in [3.63, 3.8) is 0 Å². The third-order valence-corrected chi connectivity index (χ3v) is 5.09. The van der Waals surface area contributed by atoms with Gasteiger partial charge in [0.1, 0.15) is 12.4 Å². The van der Waals surface area contributed by atoms with Crippen LogP contribution >= 0.6 is 0 Å². The molecule has 1 aromatic heterocycles. The van der Waals surface area contributed by atoms with E-state index in [1.165, 1.54) is 31.2 Å². The van der Waals surface area contributed by atoms with E-state index in [9.17, 15) is 18.0 Å². The third kappa shape index (κ3) is 5.04. The fraction of sp³-hybridized carbons (Fsp3) is 0.286. The van der Waals surface area contributed by atoms with Crippen molar-refractivity contribution < 1.29 is 22.7 Å². The second-order valence-corrected chi connectivity index (χ2v) is 8.65. The van der Waals surface area contributed by atoms with Crippen molar-refractivity contribution in [1.29, 1.82) is 0 Å². The van der Waals surface area contributed by atoms with E-state index in [1.807, 2.05) is 31.2 Å². The van der Waals surface area contributed by atoms with Gasteiger partial charge in [-0.15, -0.1) is 0 Å². The molecule has 1 unspecified atom stereocenters. The lowest BCUT2D eigenvalue weighted by Crippen LogP contribution is -2.27. The maximum atomic E-state index is 12.6. The van der Waals surface area contributed by atoms with Crippen LogP contribution in [0, 0.1) is 0 Å². The monoisotopic (exact) mass is 429 g/mol. The highest BCUT2D eigenvalue weighted by Crippen LogP contribution is 2.17. The van der Waals surface area contributed by atoms with Gasteiger partial charge in [-0.25, -0.2) is 13.4 Å². The number of imidazole rings is 1. The van der Waals surface area contributed by atoms with Crippen LogP contribution in [0.25, 0.3) is 11.0 Å². The molecule has 0 fully saturated rings. The Morgan fingerprint density at radius 3 is 2.43 bits per heavy atom. The number of para-hydroxylation sites is 2. The van der Waals surface area contributed by atoms with Gasteiger partial charge >= 0.3 is 5.97 Å². The number of ether oxygens (including phenoxy) is 1. The summed E-state index contributed by atoms with van der Waals surface area (Å²) in [5.41, 5.74) is 2.29. The first-order valence-corrected chi connectivity index (χ1v) is 11.3. The van der Waals surface area contributed by atoms with Crippen LogP contribution in [0.4, 0.5) is 5.69 Å². The van der Waals surface area contributed by atoms with E-state index < -0.39 is 22.1 Å². The fourth-order valence-electron chi connectivity index (χ4n) is 3.14. The number of hydrogen-bond donors (Lipinski definition) is 1. The number of Topliss-reactive ketones (excluding diaryl/α,β-unsaturated/α-hetero) is 1. The SMILES string of the molecule is CCc1nc2ccccc2n1CC(=O)OC(C)C(=O)c1ccc(NS(C)(=O)=O)cc1. The fourth-order valence-corrected chi connectivity index (χ4v) is 3.70. The van der Waals surface area contributed by atoms with E-state index in [2.05, 4.69) is 9.71 Å². The van der Waals surface area contributed by atoms with Crippen LogP contribution < -0.4 is 4.72 Å². The van der Waals surface area contributed by atoms with E-state index in [4.69, 9.17) is 4.74 Å². The molecule has 9 heteroatoms. The van der Waals surface area contributed by atoms with Crippen LogP contribution in [0.2, 0.25) is 0 Å². The topological polar surface area (TPSA) is 107 Å². The molecule has 0 aliphatic rings. The van der Waals surface area contributed by atoms with Gasteiger partial charge in [0, 0.05) is 17.7 Å². The van der Waals surface area contributed by atoms with Gasteiger partial charge in [-0.1, -0.05) is 19.1 Å². The van der Waals surface area contributed by atoms with Crippen molar-refractivity contribution >= 4 is 38.5 Å². The Morgan fingerprint density at radius 1 is 1.13 bits per heavy atom. The molecule has 2 aromatic carbocycles. The van der Waals surface area contributed by atoms with E-state index >= 15 is 0 Å². The first kappa shape index (κ1) is 21.5. The lowest BCUT2D eigenvalue weighted by Gasteiger charge is -2.14. The van der Waals surface area contributed by atoms with Gasteiger partial charge in [-0.3, -0.25) is 14.3 Å². The number of nitrogens with zero attached hydrogens (tertiary/aromatic N) is 2. The third-order valence-electron chi connectivity index (χ3n) is 4.49. The number of esters is 1. The average molecular weight is 429 g/mol. The molecule has 1 heterocycles. The van der Waals surface area contributed by atoms with E-state index in [1.54, 1.807) is 4.57 Å². The Kier molecular flexibility index (Phi) is 6.21. The van der Waals surface area contributed by atoms with E-state index in [-0.39, 0.29) is 12.3 Å². The van der Waals surface area contributed by atoms with Crippen LogP contribution in [0.15, 0.2) is 48.5 Å². The second-order valence-electron chi connectivity index (χ2n) is 6.90. The highest BCUT2D eigenvalue weighted by Gasteiger charge is 2.21. The Hall–Kier alpha value is -3.20. The molecule has 158 valence electrons. The van der Waals surface area contributed by atoms with Crippen LogP contribution in [0.5, 0.6) is 0 Å². The van der Waals surface area contributed by atoms with Gasteiger partial charge in [0.05, 0.1) is 17.3 Å². The van der Waals surface area contributed by atoms with Crippen molar-refractivity contribution in [3.05, 3.63) is 59.9 Å². The number of nitrogens with one attached hydrogen (secondary N) is 1. The minimum Gasteiger partial charge on any atom is -0.453 e. The first-order chi connectivity index (χ1) is 14.2. The molecule has 0 saturated carbocycles. The summed E-state index contributed by atoms with van der Waals surface area (Å²) in [7, 11) is -3.40. The van der Waals surface area contributed by atoms with Crippen molar-refractivity contribution in [3.8, 4) is 0 Å². The summed E-state index contributed by atoms with van der Waals surface area (Å²) in [6.45, 7) is 3.42. The zero-order valence-corrected chi connectivity index (χ0v) is 17.8. The minimum absolute atomic E-state index is 0.0431. The Labute approximate surface area is 174 Å². The van der Waals surface area contributed by atoms with Crippen LogP contribution in [-0.2, 0) is 32.5 Å². The molecule has 0 aliphatic heterocycles. The van der Waals surface area contributed by atoms with E-state index in [0.29, 0.717) is 17.7 Å². The van der Waals surface area contributed by atoms with Gasteiger partial charge < -0.3 is 9.30 Å². The number of benzene rings is 2. The zero-order chi connectivity index (χ0) is 21.9. The normalized spacial score (nSPS) is 12.5. The maximum Gasteiger partial charge on any atom is 0.326 e. The van der Waals surface area contributed by atoms with Crippen molar-refractivity contribution in [2.75, 3.05) is 11.0 Å². The smallest absolute Gasteiger partial charge is 0.326 e. The summed E-state index contributed by atoms with van der Waals surface area (Å²) in [6.07, 6.45) is 0.719. The molecule has 0 aliphatic carbocycles. The van der Waals surface area contributed by atoms with Crippen LogP contribution in [0.3, 0.4) is 0 Å². The first-order valence-electron chi connectivity index (χ1n) is 9.43. The molecule has 0 amide bonds. The molecule has 30 heavy (non-hydrogen) atoms. The molecule has 8 nitrogen and oxygen atoms in total. The number of anilines is 1. The maximum absolute atomic E-state index is 12.6.